The van der Waals surface area contributed by atoms with E-state index >= 15 is 0 Å². The van der Waals surface area contributed by atoms with Gasteiger partial charge >= 0.3 is 6.85 Å². The maximum Gasteiger partial charge on any atom is 0.433 e. The van der Waals surface area contributed by atoms with Crippen molar-refractivity contribution in [3.63, 3.8) is 0 Å². The number of aryl methyl sites for hydroxylation is 1. The molecular formula is C55H64BIN2O10. The quantitative estimate of drug-likeness (QED) is 0.0227. The van der Waals surface area contributed by atoms with E-state index in [1.807, 2.05) is 54.6 Å². The number of rotatable bonds is 29. The van der Waals surface area contributed by atoms with Crippen molar-refractivity contribution < 1.29 is 47.4 Å². The van der Waals surface area contributed by atoms with E-state index < -0.39 is 6.85 Å². The van der Waals surface area contributed by atoms with E-state index in [1.54, 1.807) is 28.4 Å². The predicted molar refractivity (Wildman–Crippen MR) is 285 cm³/mol. The van der Waals surface area contributed by atoms with Gasteiger partial charge in [-0.05, 0) is 125 Å². The molecule has 12 nitrogen and oxygen atoms in total. The fraction of sp³-hybridized carbons (Fsp3) is 0.364. The second kappa shape index (κ2) is 31.8. The first-order chi connectivity index (χ1) is 33.8. The lowest BCUT2D eigenvalue weighted by Gasteiger charge is -2.19. The van der Waals surface area contributed by atoms with Gasteiger partial charge in [-0.3, -0.25) is 0 Å². The van der Waals surface area contributed by atoms with Gasteiger partial charge in [0.1, 0.15) is 37.9 Å². The number of halogens is 1. The molecule has 1 aliphatic rings. The molecule has 69 heavy (non-hydrogen) atoms. The van der Waals surface area contributed by atoms with Crippen LogP contribution in [0.3, 0.4) is 0 Å². The molecule has 0 saturated heterocycles. The smallest absolute Gasteiger partial charge is 0.433 e. The Kier molecular flexibility index (Phi) is 25.2. The van der Waals surface area contributed by atoms with Crippen molar-refractivity contribution in [2.24, 2.45) is 4.99 Å². The molecule has 3 aromatic carbocycles. The molecule has 364 valence electrons. The summed E-state index contributed by atoms with van der Waals surface area (Å²) in [7, 11) is 6.61. The Morgan fingerprint density at radius 1 is 0.580 bits per heavy atom. The highest BCUT2D eigenvalue weighted by Gasteiger charge is 2.28. The summed E-state index contributed by atoms with van der Waals surface area (Å²) in [5, 5.41) is 0. The molecule has 0 amide bonds. The standard InChI is InChI=1S/C55H64BIN2O10/c1-43-41-49(19-9-45-11-21-51(22-12-45)68-39-37-66-35-31-62-5)58-54(43)53(47-15-17-48(57)18-16-47)55-44(2)42-50(20-10-46-13-23-52(24-14-46)69-40-38-67-36-32-63-6)59(55)56(25-7-27-64-33-29-60-3)26-8-28-65-34-30-61-4/h9-24,41-42H,27-40H2,1-6H3/b19-9+,20-10+,54-53-. The first kappa shape index (κ1) is 54.7. The van der Waals surface area contributed by atoms with Crippen LogP contribution in [0.1, 0.15) is 40.6 Å². The highest BCUT2D eigenvalue weighted by atomic mass is 127. The van der Waals surface area contributed by atoms with Gasteiger partial charge in [-0.25, -0.2) is 4.99 Å². The molecule has 14 heteroatoms. The van der Waals surface area contributed by atoms with Crippen molar-refractivity contribution >= 4 is 59.0 Å². The largest absolute Gasteiger partial charge is 0.491 e. The summed E-state index contributed by atoms with van der Waals surface area (Å²) in [5.74, 6) is 15.0. The molecule has 0 fully saturated rings. The van der Waals surface area contributed by atoms with Crippen LogP contribution in [0.15, 0.2) is 107 Å². The number of hydrogen-bond donors (Lipinski definition) is 0. The molecule has 0 aliphatic carbocycles. The zero-order valence-electron chi connectivity index (χ0n) is 40.7. The fourth-order valence-corrected chi connectivity index (χ4v) is 7.25. The number of ether oxygens (including phenoxy) is 10. The van der Waals surface area contributed by atoms with Crippen molar-refractivity contribution in [3.05, 3.63) is 139 Å². The predicted octanol–water partition coefficient (Wildman–Crippen LogP) is 8.78. The van der Waals surface area contributed by atoms with E-state index in [9.17, 15) is 0 Å². The van der Waals surface area contributed by atoms with Crippen LogP contribution in [0.5, 0.6) is 11.5 Å². The minimum atomic E-state index is -0.601. The first-order valence-electron chi connectivity index (χ1n) is 22.9. The molecule has 0 spiro atoms. The topological polar surface area (TPSA) is 110 Å². The highest BCUT2D eigenvalue weighted by Crippen LogP contribution is 2.38. The SMILES string of the molecule is COCCOCC#CB(C#CCOCCOC)n1c(/C=C/c2ccc(OCCOCCOC)cc2)cc(C)c1/C(=C1N=C(/C=C/c2ccc(OCCOCCOC)cc2)C=C\1C)c1ccc(I)cc1. The third-order valence-electron chi connectivity index (χ3n) is 10.3. The molecule has 1 aliphatic heterocycles. The number of methoxy groups -OCH3 is 4. The van der Waals surface area contributed by atoms with E-state index in [1.165, 1.54) is 0 Å². The van der Waals surface area contributed by atoms with Crippen LogP contribution in [0.2, 0.25) is 0 Å². The highest BCUT2D eigenvalue weighted by molar-refractivity contribution is 14.1. The fourth-order valence-electron chi connectivity index (χ4n) is 6.90. The molecule has 1 aromatic heterocycles. The summed E-state index contributed by atoms with van der Waals surface area (Å²) in [5.41, 5.74) is 9.58. The van der Waals surface area contributed by atoms with Gasteiger partial charge in [0.05, 0.1) is 77.5 Å². The number of aliphatic imine (C=N–C) groups is 1. The van der Waals surface area contributed by atoms with Crippen molar-refractivity contribution in [2.75, 3.05) is 121 Å². The Labute approximate surface area is 422 Å². The first-order valence-corrected chi connectivity index (χ1v) is 24.0. The third kappa shape index (κ3) is 18.9. The van der Waals surface area contributed by atoms with Crippen LogP contribution in [0.4, 0.5) is 0 Å². The Hall–Kier alpha value is -5.24. The van der Waals surface area contributed by atoms with Crippen LogP contribution < -0.4 is 9.47 Å². The number of hydrogen-bond acceptors (Lipinski definition) is 11. The van der Waals surface area contributed by atoms with Gasteiger partial charge in [-0.15, -0.1) is 11.6 Å². The van der Waals surface area contributed by atoms with E-state index in [4.69, 9.17) is 52.4 Å². The van der Waals surface area contributed by atoms with Gasteiger partial charge in [-0.1, -0.05) is 60.4 Å². The molecule has 5 rings (SSSR count). The van der Waals surface area contributed by atoms with Crippen LogP contribution in [0, 0.1) is 34.0 Å². The van der Waals surface area contributed by atoms with Crippen molar-refractivity contribution in [1.82, 2.24) is 4.48 Å². The molecule has 0 bridgehead atoms. The Balaban J connectivity index is 1.56. The average molecular weight is 1050 g/mol. The minimum absolute atomic E-state index is 0.216. The van der Waals surface area contributed by atoms with Gasteiger partial charge in [-0.2, -0.15) is 0 Å². The molecule has 0 atom stereocenters. The second-order valence-electron chi connectivity index (χ2n) is 15.4. The summed E-state index contributed by atoms with van der Waals surface area (Å²) in [6, 6.07) is 26.7. The van der Waals surface area contributed by atoms with Crippen LogP contribution in [0.25, 0.3) is 23.8 Å². The van der Waals surface area contributed by atoms with Gasteiger partial charge in [0.15, 0.2) is 0 Å². The van der Waals surface area contributed by atoms with Gasteiger partial charge in [0.25, 0.3) is 0 Å². The molecule has 0 unspecified atom stereocenters. The van der Waals surface area contributed by atoms with E-state index in [0.717, 1.165) is 71.3 Å². The summed E-state index contributed by atoms with van der Waals surface area (Å²) >= 11 is 2.34. The summed E-state index contributed by atoms with van der Waals surface area (Å²) in [6.45, 7) is 9.92. The van der Waals surface area contributed by atoms with Gasteiger partial charge in [0.2, 0.25) is 0 Å². The summed E-state index contributed by atoms with van der Waals surface area (Å²) in [4.78, 5) is 5.32. The lowest BCUT2D eigenvalue weighted by Crippen LogP contribution is -2.26. The number of allylic oxidation sites excluding steroid dienone is 3. The zero-order chi connectivity index (χ0) is 48.9. The third-order valence-corrected chi connectivity index (χ3v) is 11.0. The lowest BCUT2D eigenvalue weighted by molar-refractivity contribution is 0.0544. The van der Waals surface area contributed by atoms with Crippen LogP contribution in [-0.4, -0.2) is 138 Å². The summed E-state index contributed by atoms with van der Waals surface area (Å²) < 4.78 is 58.3. The van der Waals surface area contributed by atoms with Gasteiger partial charge in [0, 0.05) is 49.0 Å². The molecular weight excluding hydrogens is 986 g/mol. The van der Waals surface area contributed by atoms with Crippen LogP contribution in [-0.2, 0) is 37.9 Å². The Morgan fingerprint density at radius 2 is 1.06 bits per heavy atom. The Bertz CT molecular complexity index is 2430. The van der Waals surface area contributed by atoms with E-state index in [-0.39, 0.29) is 13.2 Å². The minimum Gasteiger partial charge on any atom is -0.491 e. The molecule has 2 heterocycles. The molecule has 0 N–H and O–H groups in total. The Morgan fingerprint density at radius 3 is 1.57 bits per heavy atom. The normalized spacial score (nSPS) is 13.0. The number of benzene rings is 3. The number of nitrogens with zero attached hydrogens (tertiary/aromatic N) is 2. The van der Waals surface area contributed by atoms with E-state index in [2.05, 4.69) is 119 Å². The monoisotopic (exact) mass is 1050 g/mol. The van der Waals surface area contributed by atoms with Crippen molar-refractivity contribution in [2.45, 2.75) is 13.8 Å². The molecule has 4 aromatic rings. The maximum atomic E-state index is 5.92. The van der Waals surface area contributed by atoms with E-state index in [0.29, 0.717) is 79.3 Å². The lowest BCUT2D eigenvalue weighted by atomic mass is 9.63. The molecule has 0 saturated carbocycles. The van der Waals surface area contributed by atoms with Gasteiger partial charge < -0.3 is 51.8 Å². The van der Waals surface area contributed by atoms with Crippen LogP contribution >= 0.6 is 22.6 Å². The zero-order valence-corrected chi connectivity index (χ0v) is 42.9. The van der Waals surface area contributed by atoms with Crippen molar-refractivity contribution in [1.29, 1.82) is 0 Å². The maximum absolute atomic E-state index is 5.92. The number of aromatic nitrogens is 1. The second-order valence-corrected chi connectivity index (χ2v) is 16.7. The molecule has 0 radical (unpaired) electrons. The summed E-state index contributed by atoms with van der Waals surface area (Å²) in [6.07, 6.45) is 10.4. The van der Waals surface area contributed by atoms with Crippen molar-refractivity contribution in [3.8, 4) is 35.0 Å². The average Bonchev–Trinajstić information content (AvgIpc) is 3.90.